The maximum absolute atomic E-state index is 5.94. The van der Waals surface area contributed by atoms with Crippen molar-refractivity contribution in [3.63, 3.8) is 0 Å². The fourth-order valence-corrected chi connectivity index (χ4v) is 2.24. The van der Waals surface area contributed by atoms with Gasteiger partial charge in [-0.3, -0.25) is 0 Å². The van der Waals surface area contributed by atoms with Crippen LogP contribution in [-0.4, -0.2) is 10.1 Å². The quantitative estimate of drug-likeness (QED) is 0.558. The lowest BCUT2D eigenvalue weighted by molar-refractivity contribution is 0.432. The van der Waals surface area contributed by atoms with Crippen LogP contribution in [0.1, 0.15) is 0 Å². The van der Waals surface area contributed by atoms with Crippen LogP contribution in [0.5, 0.6) is 0 Å². The lowest BCUT2D eigenvalue weighted by Crippen LogP contribution is -1.90. The minimum atomic E-state index is 0.440. The second-order valence-electron chi connectivity index (χ2n) is 4.02. The van der Waals surface area contributed by atoms with E-state index in [2.05, 4.69) is 32.7 Å². The summed E-state index contributed by atoms with van der Waals surface area (Å²) in [5.74, 6) is 1.00. The second kappa shape index (κ2) is 5.00. The Bertz CT molecular complexity index is 710. The summed E-state index contributed by atoms with van der Waals surface area (Å²) in [5.41, 5.74) is 8.25. The average Bonchev–Trinajstić information content (AvgIpc) is 2.92. The number of benzene rings is 2. The molecule has 1 heterocycles. The molecule has 0 saturated heterocycles. The zero-order valence-corrected chi connectivity index (χ0v) is 12.0. The Labute approximate surface area is 123 Å². The van der Waals surface area contributed by atoms with Crippen molar-refractivity contribution in [1.82, 2.24) is 10.1 Å². The summed E-state index contributed by atoms with van der Waals surface area (Å²) in [7, 11) is 0. The summed E-state index contributed by atoms with van der Waals surface area (Å²) in [4.78, 5) is 4.39. The van der Waals surface area contributed by atoms with Crippen molar-refractivity contribution in [2.45, 2.75) is 0 Å². The number of aromatic nitrogens is 2. The minimum absolute atomic E-state index is 0.440. The third-order valence-electron chi connectivity index (χ3n) is 2.70. The van der Waals surface area contributed by atoms with Crippen molar-refractivity contribution in [3.8, 4) is 22.8 Å². The Balaban J connectivity index is 2.04. The fourth-order valence-electron chi connectivity index (χ4n) is 1.75. The average molecular weight is 363 g/mol. The summed E-state index contributed by atoms with van der Waals surface area (Å²) in [5, 5.41) is 3.99. The van der Waals surface area contributed by atoms with Gasteiger partial charge in [0.1, 0.15) is 0 Å². The molecule has 0 aliphatic carbocycles. The zero-order chi connectivity index (χ0) is 13.2. The SMILES string of the molecule is Nc1ccc(I)cc1-c1nc(-c2ccccc2)no1. The van der Waals surface area contributed by atoms with E-state index in [9.17, 15) is 0 Å². The molecule has 0 fully saturated rings. The molecule has 2 aromatic carbocycles. The molecule has 0 aliphatic heterocycles. The Morgan fingerprint density at radius 3 is 2.63 bits per heavy atom. The molecular weight excluding hydrogens is 353 g/mol. The molecule has 0 bridgehead atoms. The van der Waals surface area contributed by atoms with E-state index in [1.54, 1.807) is 0 Å². The third-order valence-corrected chi connectivity index (χ3v) is 3.37. The fraction of sp³-hybridized carbons (Fsp3) is 0. The van der Waals surface area contributed by atoms with Crippen molar-refractivity contribution in [2.24, 2.45) is 0 Å². The van der Waals surface area contributed by atoms with E-state index in [1.807, 2.05) is 48.5 Å². The normalized spacial score (nSPS) is 10.6. The van der Waals surface area contributed by atoms with E-state index in [-0.39, 0.29) is 0 Å². The van der Waals surface area contributed by atoms with E-state index in [0.717, 1.165) is 14.7 Å². The smallest absolute Gasteiger partial charge is 0.260 e. The predicted octanol–water partition coefficient (Wildman–Crippen LogP) is 3.59. The second-order valence-corrected chi connectivity index (χ2v) is 5.27. The summed E-state index contributed by atoms with van der Waals surface area (Å²) < 4.78 is 6.37. The lowest BCUT2D eigenvalue weighted by atomic mass is 10.2. The highest BCUT2D eigenvalue weighted by Crippen LogP contribution is 2.28. The molecule has 0 aliphatic rings. The zero-order valence-electron chi connectivity index (χ0n) is 9.88. The number of halogens is 1. The molecule has 0 spiro atoms. The first-order valence-electron chi connectivity index (χ1n) is 5.68. The monoisotopic (exact) mass is 363 g/mol. The highest BCUT2D eigenvalue weighted by Gasteiger charge is 2.13. The summed E-state index contributed by atoms with van der Waals surface area (Å²) in [6, 6.07) is 15.4. The number of nitrogen functional groups attached to an aromatic ring is 1. The standard InChI is InChI=1S/C14H10IN3O/c15-10-6-7-12(16)11(8-10)14-17-13(18-19-14)9-4-2-1-3-5-9/h1-8H,16H2. The van der Waals surface area contributed by atoms with Gasteiger partial charge in [0.15, 0.2) is 0 Å². The van der Waals surface area contributed by atoms with Gasteiger partial charge in [0.25, 0.3) is 5.89 Å². The molecule has 0 unspecified atom stereocenters. The number of nitrogens with two attached hydrogens (primary N) is 1. The van der Waals surface area contributed by atoms with Gasteiger partial charge in [-0.2, -0.15) is 4.98 Å². The van der Waals surface area contributed by atoms with Crippen LogP contribution in [0.25, 0.3) is 22.8 Å². The van der Waals surface area contributed by atoms with E-state index < -0.39 is 0 Å². The maximum Gasteiger partial charge on any atom is 0.260 e. The minimum Gasteiger partial charge on any atom is -0.398 e. The predicted molar refractivity (Wildman–Crippen MR) is 82.3 cm³/mol. The molecular formula is C14H10IN3O. The van der Waals surface area contributed by atoms with Gasteiger partial charge in [0.2, 0.25) is 5.82 Å². The van der Waals surface area contributed by atoms with Gasteiger partial charge in [0.05, 0.1) is 5.56 Å². The first-order valence-corrected chi connectivity index (χ1v) is 6.76. The van der Waals surface area contributed by atoms with Crippen LogP contribution < -0.4 is 5.73 Å². The van der Waals surface area contributed by atoms with Gasteiger partial charge >= 0.3 is 0 Å². The molecule has 0 saturated carbocycles. The van der Waals surface area contributed by atoms with Crippen LogP contribution in [0.4, 0.5) is 5.69 Å². The van der Waals surface area contributed by atoms with Gasteiger partial charge in [-0.05, 0) is 40.8 Å². The summed E-state index contributed by atoms with van der Waals surface area (Å²) in [6.07, 6.45) is 0. The number of rotatable bonds is 2. The molecule has 3 rings (SSSR count). The number of nitrogens with zero attached hydrogens (tertiary/aromatic N) is 2. The molecule has 0 radical (unpaired) electrons. The topological polar surface area (TPSA) is 64.9 Å². The molecule has 4 nitrogen and oxygen atoms in total. The molecule has 19 heavy (non-hydrogen) atoms. The first kappa shape index (κ1) is 12.2. The molecule has 2 N–H and O–H groups in total. The van der Waals surface area contributed by atoms with Gasteiger partial charge in [-0.25, -0.2) is 0 Å². The van der Waals surface area contributed by atoms with Crippen molar-refractivity contribution < 1.29 is 4.52 Å². The summed E-state index contributed by atoms with van der Waals surface area (Å²) >= 11 is 2.22. The van der Waals surface area contributed by atoms with Crippen molar-refractivity contribution >= 4 is 28.3 Å². The first-order chi connectivity index (χ1) is 9.24. The maximum atomic E-state index is 5.94. The largest absolute Gasteiger partial charge is 0.398 e. The van der Waals surface area contributed by atoms with E-state index in [1.165, 1.54) is 0 Å². The van der Waals surface area contributed by atoms with Crippen LogP contribution in [0, 0.1) is 3.57 Å². The van der Waals surface area contributed by atoms with Crippen LogP contribution in [0.3, 0.4) is 0 Å². The van der Waals surface area contributed by atoms with Gasteiger partial charge in [-0.1, -0.05) is 35.5 Å². The van der Waals surface area contributed by atoms with Crippen LogP contribution >= 0.6 is 22.6 Å². The Morgan fingerprint density at radius 1 is 1.05 bits per heavy atom. The van der Waals surface area contributed by atoms with Crippen LogP contribution in [-0.2, 0) is 0 Å². The number of hydrogen-bond acceptors (Lipinski definition) is 4. The van der Waals surface area contributed by atoms with Crippen LogP contribution in [0.2, 0.25) is 0 Å². The molecule has 1 aromatic heterocycles. The Kier molecular flexibility index (Phi) is 3.20. The molecule has 5 heteroatoms. The molecule has 3 aromatic rings. The number of hydrogen-bond donors (Lipinski definition) is 1. The molecule has 94 valence electrons. The molecule has 0 amide bonds. The highest BCUT2D eigenvalue weighted by atomic mass is 127. The van der Waals surface area contributed by atoms with Crippen molar-refractivity contribution in [1.29, 1.82) is 0 Å². The lowest BCUT2D eigenvalue weighted by Gasteiger charge is -2.00. The van der Waals surface area contributed by atoms with Crippen molar-refractivity contribution in [3.05, 3.63) is 52.1 Å². The van der Waals surface area contributed by atoms with E-state index >= 15 is 0 Å². The van der Waals surface area contributed by atoms with Crippen LogP contribution in [0.15, 0.2) is 53.1 Å². The Morgan fingerprint density at radius 2 is 1.84 bits per heavy atom. The van der Waals surface area contributed by atoms with E-state index in [0.29, 0.717) is 17.4 Å². The van der Waals surface area contributed by atoms with Gasteiger partial charge < -0.3 is 10.3 Å². The molecule has 0 atom stereocenters. The van der Waals surface area contributed by atoms with E-state index in [4.69, 9.17) is 10.3 Å². The third kappa shape index (κ3) is 2.46. The Hall–Kier alpha value is -1.89. The number of anilines is 1. The van der Waals surface area contributed by atoms with Crippen molar-refractivity contribution in [2.75, 3.05) is 5.73 Å². The van der Waals surface area contributed by atoms with Gasteiger partial charge in [0, 0.05) is 14.8 Å². The van der Waals surface area contributed by atoms with Gasteiger partial charge in [-0.15, -0.1) is 0 Å². The summed E-state index contributed by atoms with van der Waals surface area (Å²) in [6.45, 7) is 0. The highest BCUT2D eigenvalue weighted by molar-refractivity contribution is 14.1.